The molecular formula is C24H33N3O2. The molecule has 1 aliphatic heterocycles. The molecule has 0 aliphatic carbocycles. The number of amides is 1. The molecule has 156 valence electrons. The molecule has 3 rings (SSSR count). The summed E-state index contributed by atoms with van der Waals surface area (Å²) >= 11 is 0. The number of aromatic nitrogens is 1. The summed E-state index contributed by atoms with van der Waals surface area (Å²) in [6.45, 7) is 8.74. The highest BCUT2D eigenvalue weighted by atomic mass is 16.5. The van der Waals surface area contributed by atoms with E-state index in [-0.39, 0.29) is 11.9 Å². The summed E-state index contributed by atoms with van der Waals surface area (Å²) in [5.74, 6) is 1.40. The summed E-state index contributed by atoms with van der Waals surface area (Å²) in [7, 11) is 1.72. The van der Waals surface area contributed by atoms with Crippen molar-refractivity contribution in [2.45, 2.75) is 46.2 Å². The number of benzene rings is 1. The van der Waals surface area contributed by atoms with Crippen molar-refractivity contribution in [2.75, 3.05) is 20.2 Å². The number of para-hydroxylation sites is 1. The second-order valence-corrected chi connectivity index (χ2v) is 8.88. The van der Waals surface area contributed by atoms with Crippen LogP contribution >= 0.6 is 0 Å². The van der Waals surface area contributed by atoms with Crippen LogP contribution in [0.25, 0.3) is 0 Å². The standard InChI is InChI=1S/C24H33N3O2/c1-24(2,3)23(28)26-22(20-10-7-8-14-25-20)18-12-15-27(16-13-18)17-19-9-5-6-11-21(19)29-4/h5-11,14,18,22H,12-13,15-17H2,1-4H3,(H,26,28). The number of carbonyl (C=O) groups is 1. The minimum Gasteiger partial charge on any atom is -0.496 e. The quantitative estimate of drug-likeness (QED) is 0.796. The molecule has 5 nitrogen and oxygen atoms in total. The molecule has 0 saturated carbocycles. The van der Waals surface area contributed by atoms with Crippen molar-refractivity contribution < 1.29 is 9.53 Å². The van der Waals surface area contributed by atoms with Crippen molar-refractivity contribution in [1.82, 2.24) is 15.2 Å². The number of rotatable bonds is 6. The molecule has 0 spiro atoms. The maximum absolute atomic E-state index is 12.7. The molecule has 29 heavy (non-hydrogen) atoms. The van der Waals surface area contributed by atoms with E-state index in [1.807, 2.05) is 57.3 Å². The second-order valence-electron chi connectivity index (χ2n) is 8.88. The fourth-order valence-corrected chi connectivity index (χ4v) is 3.87. The van der Waals surface area contributed by atoms with Crippen LogP contribution in [0, 0.1) is 11.3 Å². The molecule has 1 fully saturated rings. The number of likely N-dealkylation sites (tertiary alicyclic amines) is 1. The molecule has 5 heteroatoms. The van der Waals surface area contributed by atoms with Gasteiger partial charge in [-0.05, 0) is 50.0 Å². The smallest absolute Gasteiger partial charge is 0.225 e. The van der Waals surface area contributed by atoms with Crippen molar-refractivity contribution in [2.24, 2.45) is 11.3 Å². The third-order valence-corrected chi connectivity index (χ3v) is 5.66. The topological polar surface area (TPSA) is 54.5 Å². The second kappa shape index (κ2) is 9.40. The Hall–Kier alpha value is -2.40. The van der Waals surface area contributed by atoms with Gasteiger partial charge in [-0.1, -0.05) is 45.0 Å². The van der Waals surface area contributed by atoms with Gasteiger partial charge in [-0.25, -0.2) is 0 Å². The molecule has 1 N–H and O–H groups in total. The number of ether oxygens (including phenoxy) is 1. The Labute approximate surface area is 174 Å². The van der Waals surface area contributed by atoms with Gasteiger partial charge in [0.1, 0.15) is 5.75 Å². The summed E-state index contributed by atoms with van der Waals surface area (Å²) in [6.07, 6.45) is 3.87. The molecule has 1 unspecified atom stereocenters. The zero-order valence-corrected chi connectivity index (χ0v) is 18.0. The zero-order valence-electron chi connectivity index (χ0n) is 18.0. The lowest BCUT2D eigenvalue weighted by atomic mass is 9.85. The first kappa shape index (κ1) is 21.3. The first-order valence-corrected chi connectivity index (χ1v) is 10.4. The summed E-state index contributed by atoms with van der Waals surface area (Å²) in [6, 6.07) is 14.1. The number of hydrogen-bond acceptors (Lipinski definition) is 4. The Balaban J connectivity index is 1.67. The Morgan fingerprint density at radius 1 is 1.17 bits per heavy atom. The molecule has 1 aliphatic rings. The number of carbonyl (C=O) groups excluding carboxylic acids is 1. The SMILES string of the molecule is COc1ccccc1CN1CCC(C(NC(=O)C(C)(C)C)c2ccccn2)CC1. The van der Waals surface area contributed by atoms with E-state index in [0.29, 0.717) is 5.92 Å². The monoisotopic (exact) mass is 395 g/mol. The van der Waals surface area contributed by atoms with Gasteiger partial charge >= 0.3 is 0 Å². The maximum Gasteiger partial charge on any atom is 0.225 e. The third-order valence-electron chi connectivity index (χ3n) is 5.66. The summed E-state index contributed by atoms with van der Waals surface area (Å²) in [5, 5.41) is 3.29. The van der Waals surface area contributed by atoms with Gasteiger partial charge in [0.05, 0.1) is 18.8 Å². The van der Waals surface area contributed by atoms with Crippen LogP contribution in [0.1, 0.15) is 50.9 Å². The fraction of sp³-hybridized carbons (Fsp3) is 0.500. The van der Waals surface area contributed by atoms with E-state index in [1.54, 1.807) is 7.11 Å². The molecule has 0 bridgehead atoms. The van der Waals surface area contributed by atoms with Gasteiger partial charge < -0.3 is 10.1 Å². The van der Waals surface area contributed by atoms with Gasteiger partial charge in [0.25, 0.3) is 0 Å². The van der Waals surface area contributed by atoms with Crippen LogP contribution < -0.4 is 10.1 Å². The van der Waals surface area contributed by atoms with Gasteiger partial charge in [0, 0.05) is 23.7 Å². The van der Waals surface area contributed by atoms with Gasteiger partial charge in [0.15, 0.2) is 0 Å². The Morgan fingerprint density at radius 2 is 1.86 bits per heavy atom. The lowest BCUT2D eigenvalue weighted by Crippen LogP contribution is -2.44. The normalized spacial score (nSPS) is 17.0. The summed E-state index contributed by atoms with van der Waals surface area (Å²) in [5.41, 5.74) is 1.75. The molecular weight excluding hydrogens is 362 g/mol. The van der Waals surface area contributed by atoms with Crippen LogP contribution in [0.15, 0.2) is 48.7 Å². The van der Waals surface area contributed by atoms with Crippen molar-refractivity contribution in [3.8, 4) is 5.75 Å². The van der Waals surface area contributed by atoms with Gasteiger partial charge in [-0.15, -0.1) is 0 Å². The van der Waals surface area contributed by atoms with Gasteiger partial charge in [-0.2, -0.15) is 0 Å². The predicted octanol–water partition coefficient (Wildman–Crippen LogP) is 4.21. The van der Waals surface area contributed by atoms with Crippen molar-refractivity contribution in [3.63, 3.8) is 0 Å². The number of nitrogens with one attached hydrogen (secondary N) is 1. The van der Waals surface area contributed by atoms with Crippen molar-refractivity contribution in [1.29, 1.82) is 0 Å². The maximum atomic E-state index is 12.7. The van der Waals surface area contributed by atoms with Crippen LogP contribution in [0.3, 0.4) is 0 Å². The van der Waals surface area contributed by atoms with Crippen LogP contribution in [0.2, 0.25) is 0 Å². The first-order chi connectivity index (χ1) is 13.9. The van der Waals surface area contributed by atoms with Crippen LogP contribution in [-0.4, -0.2) is 36.0 Å². The molecule has 1 amide bonds. The minimum atomic E-state index is -0.419. The molecule has 0 radical (unpaired) electrons. The molecule has 1 atom stereocenters. The average molecular weight is 396 g/mol. The Morgan fingerprint density at radius 3 is 2.48 bits per heavy atom. The highest BCUT2D eigenvalue weighted by molar-refractivity contribution is 5.81. The highest BCUT2D eigenvalue weighted by Gasteiger charge is 2.32. The van der Waals surface area contributed by atoms with E-state index in [4.69, 9.17) is 4.74 Å². The number of pyridine rings is 1. The number of piperidine rings is 1. The van der Waals surface area contributed by atoms with E-state index < -0.39 is 5.41 Å². The largest absolute Gasteiger partial charge is 0.496 e. The van der Waals surface area contributed by atoms with E-state index in [1.165, 1.54) is 5.56 Å². The van der Waals surface area contributed by atoms with E-state index >= 15 is 0 Å². The van der Waals surface area contributed by atoms with Crippen molar-refractivity contribution >= 4 is 5.91 Å². The van der Waals surface area contributed by atoms with Crippen LogP contribution in [0.4, 0.5) is 0 Å². The lowest BCUT2D eigenvalue weighted by Gasteiger charge is -2.37. The molecule has 1 aromatic heterocycles. The van der Waals surface area contributed by atoms with Gasteiger partial charge in [0.2, 0.25) is 5.91 Å². The average Bonchev–Trinajstić information content (AvgIpc) is 2.73. The van der Waals surface area contributed by atoms with Gasteiger partial charge in [-0.3, -0.25) is 14.7 Å². The summed E-state index contributed by atoms with van der Waals surface area (Å²) in [4.78, 5) is 19.7. The zero-order chi connectivity index (χ0) is 20.9. The van der Waals surface area contributed by atoms with E-state index in [9.17, 15) is 4.79 Å². The predicted molar refractivity (Wildman–Crippen MR) is 116 cm³/mol. The Bertz CT molecular complexity index is 793. The van der Waals surface area contributed by atoms with Crippen LogP contribution in [-0.2, 0) is 11.3 Å². The molecule has 2 heterocycles. The third kappa shape index (κ3) is 5.57. The van der Waals surface area contributed by atoms with Crippen LogP contribution in [0.5, 0.6) is 5.75 Å². The fourth-order valence-electron chi connectivity index (χ4n) is 3.87. The van der Waals surface area contributed by atoms with Crippen molar-refractivity contribution in [3.05, 3.63) is 59.9 Å². The molecule has 1 saturated heterocycles. The van der Waals surface area contributed by atoms with E-state index in [2.05, 4.69) is 27.3 Å². The lowest BCUT2D eigenvalue weighted by molar-refractivity contribution is -0.129. The highest BCUT2D eigenvalue weighted by Crippen LogP contribution is 2.32. The Kier molecular flexibility index (Phi) is 6.91. The number of nitrogens with zero attached hydrogens (tertiary/aromatic N) is 2. The molecule has 1 aromatic carbocycles. The molecule has 2 aromatic rings. The number of methoxy groups -OCH3 is 1. The minimum absolute atomic E-state index is 0.0451. The first-order valence-electron chi connectivity index (χ1n) is 10.4. The van der Waals surface area contributed by atoms with E-state index in [0.717, 1.165) is 43.9 Å². The number of hydrogen-bond donors (Lipinski definition) is 1. The summed E-state index contributed by atoms with van der Waals surface area (Å²) < 4.78 is 5.50.